The Labute approximate surface area is 124 Å². The first-order valence-corrected chi connectivity index (χ1v) is 6.37. The predicted octanol–water partition coefficient (Wildman–Crippen LogP) is 1.84. The minimum atomic E-state index is -1.39. The van der Waals surface area contributed by atoms with E-state index in [9.17, 15) is 19.8 Å². The zero-order valence-electron chi connectivity index (χ0n) is 11.2. The maximum absolute atomic E-state index is 12.3. The summed E-state index contributed by atoms with van der Waals surface area (Å²) >= 11 is 0. The number of rotatable bonds is 3. The number of hydrogen-bond donors (Lipinski definition) is 3. The van der Waals surface area contributed by atoms with Gasteiger partial charge in [-0.1, -0.05) is 18.2 Å². The van der Waals surface area contributed by atoms with Crippen molar-refractivity contribution in [2.24, 2.45) is 0 Å². The highest BCUT2D eigenvalue weighted by Crippen LogP contribution is 2.26. The number of phenolic OH excluding ortho intramolecular Hbond substituents is 1. The third-order valence-corrected chi connectivity index (χ3v) is 3.11. The molecule has 2 heterocycles. The van der Waals surface area contributed by atoms with Crippen molar-refractivity contribution in [3.05, 3.63) is 64.6 Å². The quantitative estimate of drug-likeness (QED) is 0.637. The summed E-state index contributed by atoms with van der Waals surface area (Å²) in [7, 11) is 0. The van der Waals surface area contributed by atoms with E-state index < -0.39 is 17.1 Å². The first-order valence-electron chi connectivity index (χ1n) is 6.37. The molecule has 0 fully saturated rings. The standard InChI is InChI=1S/C15H11N3O4/c19-10-6-2-1-5-9(10)16-13-12(15(21)22)14(20)18-8-4-3-7-11(18)17-13/h1-8,16,19H,(H,21,22). The van der Waals surface area contributed by atoms with Crippen LogP contribution in [0, 0.1) is 0 Å². The van der Waals surface area contributed by atoms with Gasteiger partial charge in [0.25, 0.3) is 5.56 Å². The summed E-state index contributed by atoms with van der Waals surface area (Å²) in [6.07, 6.45) is 1.45. The SMILES string of the molecule is O=C(O)c1c(Nc2ccccc2O)nc2ccccn2c1=O. The number of carboxylic acids is 1. The van der Waals surface area contributed by atoms with Gasteiger partial charge in [-0.15, -0.1) is 0 Å². The molecule has 0 atom stereocenters. The molecule has 1 aromatic carbocycles. The molecule has 22 heavy (non-hydrogen) atoms. The van der Waals surface area contributed by atoms with E-state index in [1.807, 2.05) is 0 Å². The zero-order chi connectivity index (χ0) is 15.7. The summed E-state index contributed by atoms with van der Waals surface area (Å²) in [4.78, 5) is 27.9. The van der Waals surface area contributed by atoms with Gasteiger partial charge in [-0.3, -0.25) is 9.20 Å². The second kappa shape index (κ2) is 5.21. The summed E-state index contributed by atoms with van der Waals surface area (Å²) in [5.74, 6) is -1.59. The Balaban J connectivity index is 2.24. The number of aromatic carboxylic acids is 1. The Hall–Kier alpha value is -3.35. The molecule has 0 aliphatic rings. The molecule has 0 unspecified atom stereocenters. The van der Waals surface area contributed by atoms with Crippen molar-refractivity contribution < 1.29 is 15.0 Å². The first kappa shape index (κ1) is 13.6. The number of phenols is 1. The number of para-hydroxylation sites is 2. The number of benzene rings is 1. The molecular weight excluding hydrogens is 286 g/mol. The van der Waals surface area contributed by atoms with Crippen LogP contribution in [0.2, 0.25) is 0 Å². The number of carboxylic acid groups (broad SMARTS) is 1. The average Bonchev–Trinajstić information content (AvgIpc) is 2.49. The lowest BCUT2D eigenvalue weighted by Crippen LogP contribution is -2.25. The fourth-order valence-electron chi connectivity index (χ4n) is 2.08. The van der Waals surface area contributed by atoms with E-state index in [0.717, 1.165) is 4.40 Å². The lowest BCUT2D eigenvalue weighted by Gasteiger charge is -2.11. The van der Waals surface area contributed by atoms with Gasteiger partial charge in [-0.05, 0) is 24.3 Å². The molecule has 0 bridgehead atoms. The number of carbonyl (C=O) groups is 1. The van der Waals surface area contributed by atoms with E-state index in [1.165, 1.54) is 12.3 Å². The number of nitrogens with one attached hydrogen (secondary N) is 1. The minimum Gasteiger partial charge on any atom is -0.506 e. The lowest BCUT2D eigenvalue weighted by molar-refractivity contribution is 0.0695. The van der Waals surface area contributed by atoms with Crippen molar-refractivity contribution in [1.82, 2.24) is 9.38 Å². The Morgan fingerprint density at radius 1 is 1.14 bits per heavy atom. The minimum absolute atomic E-state index is 0.0751. The van der Waals surface area contributed by atoms with Gasteiger partial charge in [0, 0.05) is 6.20 Å². The van der Waals surface area contributed by atoms with Gasteiger partial charge in [0.15, 0.2) is 11.4 Å². The molecule has 3 rings (SSSR count). The highest BCUT2D eigenvalue weighted by Gasteiger charge is 2.19. The maximum atomic E-state index is 12.3. The molecule has 0 spiro atoms. The molecule has 110 valence electrons. The van der Waals surface area contributed by atoms with Crippen molar-refractivity contribution in [2.45, 2.75) is 0 Å². The molecule has 0 aliphatic carbocycles. The van der Waals surface area contributed by atoms with Crippen LogP contribution in [0.25, 0.3) is 5.65 Å². The van der Waals surface area contributed by atoms with Gasteiger partial charge >= 0.3 is 5.97 Å². The van der Waals surface area contributed by atoms with Gasteiger partial charge in [0.2, 0.25) is 0 Å². The molecule has 0 radical (unpaired) electrons. The van der Waals surface area contributed by atoms with Gasteiger partial charge in [-0.25, -0.2) is 9.78 Å². The zero-order valence-corrected chi connectivity index (χ0v) is 11.2. The van der Waals surface area contributed by atoms with Crippen LogP contribution in [0.15, 0.2) is 53.5 Å². The van der Waals surface area contributed by atoms with Crippen LogP contribution in [0.5, 0.6) is 5.75 Å². The monoisotopic (exact) mass is 297 g/mol. The number of nitrogens with zero attached hydrogens (tertiary/aromatic N) is 2. The van der Waals surface area contributed by atoms with Crippen molar-refractivity contribution in [1.29, 1.82) is 0 Å². The number of fused-ring (bicyclic) bond motifs is 1. The van der Waals surface area contributed by atoms with Crippen LogP contribution in [-0.4, -0.2) is 25.6 Å². The van der Waals surface area contributed by atoms with Gasteiger partial charge < -0.3 is 15.5 Å². The Kier molecular flexibility index (Phi) is 3.23. The van der Waals surface area contributed by atoms with Crippen LogP contribution >= 0.6 is 0 Å². The number of anilines is 2. The van der Waals surface area contributed by atoms with Crippen molar-refractivity contribution in [3.8, 4) is 5.75 Å². The molecule has 0 aliphatic heterocycles. The fourth-order valence-corrected chi connectivity index (χ4v) is 2.08. The lowest BCUT2D eigenvalue weighted by atomic mass is 10.2. The normalized spacial score (nSPS) is 10.5. The third-order valence-electron chi connectivity index (χ3n) is 3.11. The highest BCUT2D eigenvalue weighted by molar-refractivity contribution is 5.94. The number of hydrogen-bond acceptors (Lipinski definition) is 5. The Bertz CT molecular complexity index is 933. The number of aromatic nitrogens is 2. The predicted molar refractivity (Wildman–Crippen MR) is 79.8 cm³/mol. The van der Waals surface area contributed by atoms with E-state index in [-0.39, 0.29) is 17.3 Å². The Morgan fingerprint density at radius 2 is 1.86 bits per heavy atom. The van der Waals surface area contributed by atoms with Crippen molar-refractivity contribution in [3.63, 3.8) is 0 Å². The molecule has 7 heteroatoms. The maximum Gasteiger partial charge on any atom is 0.345 e. The first-order chi connectivity index (χ1) is 10.6. The second-order valence-corrected chi connectivity index (χ2v) is 4.52. The van der Waals surface area contributed by atoms with E-state index in [4.69, 9.17) is 0 Å². The van der Waals surface area contributed by atoms with E-state index in [0.29, 0.717) is 5.65 Å². The fraction of sp³-hybridized carbons (Fsp3) is 0. The summed E-state index contributed by atoms with van der Waals surface area (Å²) < 4.78 is 1.15. The molecule has 3 aromatic rings. The van der Waals surface area contributed by atoms with Gasteiger partial charge in [-0.2, -0.15) is 0 Å². The van der Waals surface area contributed by atoms with Crippen LogP contribution in [0.3, 0.4) is 0 Å². The van der Waals surface area contributed by atoms with E-state index in [1.54, 1.807) is 36.4 Å². The summed E-state index contributed by atoms with van der Waals surface area (Å²) in [5.41, 5.74) is -0.629. The topological polar surface area (TPSA) is 104 Å². The summed E-state index contributed by atoms with van der Waals surface area (Å²) in [6, 6.07) is 11.2. The summed E-state index contributed by atoms with van der Waals surface area (Å²) in [5, 5.41) is 21.8. The Morgan fingerprint density at radius 3 is 2.59 bits per heavy atom. The molecular formula is C15H11N3O4. The van der Waals surface area contributed by atoms with Crippen LogP contribution < -0.4 is 10.9 Å². The molecule has 2 aromatic heterocycles. The van der Waals surface area contributed by atoms with Crippen molar-refractivity contribution >= 4 is 23.1 Å². The van der Waals surface area contributed by atoms with Crippen LogP contribution in [-0.2, 0) is 0 Å². The molecule has 0 amide bonds. The van der Waals surface area contributed by atoms with E-state index in [2.05, 4.69) is 10.3 Å². The largest absolute Gasteiger partial charge is 0.506 e. The molecule has 0 saturated heterocycles. The third kappa shape index (κ3) is 2.24. The molecule has 0 saturated carbocycles. The number of pyridine rings is 1. The van der Waals surface area contributed by atoms with Crippen LogP contribution in [0.4, 0.5) is 11.5 Å². The smallest absolute Gasteiger partial charge is 0.345 e. The van der Waals surface area contributed by atoms with Gasteiger partial charge in [0.1, 0.15) is 11.4 Å². The average molecular weight is 297 g/mol. The van der Waals surface area contributed by atoms with Crippen molar-refractivity contribution in [2.75, 3.05) is 5.32 Å². The number of aromatic hydroxyl groups is 1. The van der Waals surface area contributed by atoms with Gasteiger partial charge in [0.05, 0.1) is 5.69 Å². The second-order valence-electron chi connectivity index (χ2n) is 4.52. The van der Waals surface area contributed by atoms with Crippen LogP contribution in [0.1, 0.15) is 10.4 Å². The highest BCUT2D eigenvalue weighted by atomic mass is 16.4. The van der Waals surface area contributed by atoms with E-state index >= 15 is 0 Å². The molecule has 3 N–H and O–H groups in total. The summed E-state index contributed by atoms with van der Waals surface area (Å²) in [6.45, 7) is 0. The molecule has 7 nitrogen and oxygen atoms in total.